The van der Waals surface area contributed by atoms with Gasteiger partial charge in [-0.1, -0.05) is 12.1 Å². The van der Waals surface area contributed by atoms with Crippen LogP contribution in [0, 0.1) is 5.41 Å². The molecule has 248 valence electrons. The average Bonchev–Trinajstić information content (AvgIpc) is 3.72. The number of alkyl halides is 3. The van der Waals surface area contributed by atoms with Crippen LogP contribution < -0.4 is 20.1 Å². The molecule has 7 rings (SSSR count). The van der Waals surface area contributed by atoms with Crippen molar-refractivity contribution < 1.29 is 32.2 Å². The number of aromatic nitrogens is 2. The van der Waals surface area contributed by atoms with Crippen molar-refractivity contribution in [2.45, 2.75) is 62.7 Å². The van der Waals surface area contributed by atoms with Crippen molar-refractivity contribution in [3.05, 3.63) is 64.8 Å². The molecule has 2 saturated carbocycles. The number of halogens is 3. The highest BCUT2D eigenvalue weighted by atomic mass is 19.4. The second-order valence-electron chi connectivity index (χ2n) is 13.3. The molecule has 1 aromatic heterocycles. The molecule has 3 aromatic rings. The Bertz CT molecular complexity index is 1740. The quantitative estimate of drug-likeness (QED) is 0.316. The third kappa shape index (κ3) is 5.64. The number of fused-ring (bicyclic) bond motifs is 2. The van der Waals surface area contributed by atoms with Gasteiger partial charge >= 0.3 is 6.18 Å². The number of amides is 2. The first-order valence-electron chi connectivity index (χ1n) is 15.9. The van der Waals surface area contributed by atoms with E-state index >= 15 is 0 Å². The van der Waals surface area contributed by atoms with Crippen LogP contribution in [0.1, 0.15) is 76.8 Å². The summed E-state index contributed by atoms with van der Waals surface area (Å²) >= 11 is 0. The highest BCUT2D eigenvalue weighted by Gasteiger charge is 2.57. The van der Waals surface area contributed by atoms with E-state index in [1.54, 1.807) is 36.2 Å². The van der Waals surface area contributed by atoms with Crippen molar-refractivity contribution in [1.29, 1.82) is 0 Å². The summed E-state index contributed by atoms with van der Waals surface area (Å²) in [7, 11) is 5.26. The Hall–Kier alpha value is -4.39. The molecule has 10 nitrogen and oxygen atoms in total. The highest BCUT2D eigenvalue weighted by Crippen LogP contribution is 2.57. The van der Waals surface area contributed by atoms with E-state index < -0.39 is 23.2 Å². The predicted molar refractivity (Wildman–Crippen MR) is 167 cm³/mol. The van der Waals surface area contributed by atoms with Gasteiger partial charge in [-0.05, 0) is 100 Å². The number of nitrogens with one attached hydrogen (secondary N) is 2. The zero-order valence-corrected chi connectivity index (χ0v) is 26.5. The van der Waals surface area contributed by atoms with Crippen LogP contribution in [-0.2, 0) is 11.7 Å². The van der Waals surface area contributed by atoms with Crippen molar-refractivity contribution in [1.82, 2.24) is 25.1 Å². The number of ether oxygens (including phenoxy) is 2. The Morgan fingerprint density at radius 2 is 1.81 bits per heavy atom. The molecule has 2 N–H and O–H groups in total. The van der Waals surface area contributed by atoms with Gasteiger partial charge < -0.3 is 29.9 Å². The molecule has 47 heavy (non-hydrogen) atoms. The number of rotatable bonds is 7. The van der Waals surface area contributed by atoms with Gasteiger partial charge in [0.2, 0.25) is 11.8 Å². The second-order valence-corrected chi connectivity index (χ2v) is 13.3. The van der Waals surface area contributed by atoms with E-state index in [2.05, 4.69) is 32.5 Å². The fourth-order valence-electron chi connectivity index (χ4n) is 7.50. The zero-order valence-electron chi connectivity index (χ0n) is 26.5. The Morgan fingerprint density at radius 3 is 2.51 bits per heavy atom. The van der Waals surface area contributed by atoms with Gasteiger partial charge in [0.1, 0.15) is 17.1 Å². The van der Waals surface area contributed by atoms with Gasteiger partial charge in [0.15, 0.2) is 0 Å². The van der Waals surface area contributed by atoms with Crippen LogP contribution in [0.15, 0.2) is 42.6 Å². The number of carbonyl (C=O) groups excluding carboxylic acids is 2. The number of hydrogen-bond donors (Lipinski definition) is 2. The van der Waals surface area contributed by atoms with Crippen LogP contribution in [0.25, 0.3) is 0 Å². The molecule has 1 unspecified atom stereocenters. The third-order valence-corrected chi connectivity index (χ3v) is 10.5. The van der Waals surface area contributed by atoms with Gasteiger partial charge in [0.25, 0.3) is 11.8 Å². The average molecular weight is 651 g/mol. The van der Waals surface area contributed by atoms with E-state index in [1.807, 2.05) is 6.07 Å². The number of anilines is 2. The standard InChI is InChI=1S/C34H37F3N6O4/c1-42-15-13-32(14-16-42)10-9-21(18-32)39-28(44)20-7-8-24(26(17-20)46-3)40-31-38-19-23(34(35,36)37)29(41-31)47-25-6-4-5-22-27(25)30(45)43(2)33(22)11-12-33/h4-8,17,19,21H,9-16,18H2,1-3H3,(H,39,44)(H,38,40,41). The molecular weight excluding hydrogens is 613 g/mol. The van der Waals surface area contributed by atoms with Crippen molar-refractivity contribution in [3.63, 3.8) is 0 Å². The van der Waals surface area contributed by atoms with E-state index in [0.717, 1.165) is 63.6 Å². The fraction of sp³-hybridized carbons (Fsp3) is 0.471. The predicted octanol–water partition coefficient (Wildman–Crippen LogP) is 6.11. The Kier molecular flexibility index (Phi) is 7.57. The number of methoxy groups -OCH3 is 1. The number of hydrogen-bond acceptors (Lipinski definition) is 8. The van der Waals surface area contributed by atoms with Crippen molar-refractivity contribution in [2.75, 3.05) is 39.6 Å². The largest absolute Gasteiger partial charge is 0.495 e. The molecule has 0 bridgehead atoms. The molecule has 3 fully saturated rings. The summed E-state index contributed by atoms with van der Waals surface area (Å²) in [5.41, 5.74) is 0.404. The number of carbonyl (C=O) groups is 2. The van der Waals surface area contributed by atoms with Crippen LogP contribution in [0.2, 0.25) is 0 Å². The molecular formula is C34H37F3N6O4. The smallest absolute Gasteiger partial charge is 0.423 e. The molecule has 2 amide bonds. The minimum absolute atomic E-state index is 0.00442. The molecule has 2 spiro atoms. The summed E-state index contributed by atoms with van der Waals surface area (Å²) < 4.78 is 53.4. The molecule has 2 aromatic carbocycles. The lowest BCUT2D eigenvalue weighted by molar-refractivity contribution is -0.139. The summed E-state index contributed by atoms with van der Waals surface area (Å²) in [5.74, 6) is -1.18. The first-order chi connectivity index (χ1) is 22.4. The monoisotopic (exact) mass is 650 g/mol. The van der Waals surface area contributed by atoms with Crippen molar-refractivity contribution in [2.24, 2.45) is 5.41 Å². The van der Waals surface area contributed by atoms with Crippen LogP contribution >= 0.6 is 0 Å². The number of nitrogens with zero attached hydrogens (tertiary/aromatic N) is 4. The van der Waals surface area contributed by atoms with Gasteiger partial charge in [-0.2, -0.15) is 18.2 Å². The van der Waals surface area contributed by atoms with Crippen molar-refractivity contribution >= 4 is 23.5 Å². The van der Waals surface area contributed by atoms with Crippen molar-refractivity contribution in [3.8, 4) is 17.4 Å². The maximum Gasteiger partial charge on any atom is 0.423 e. The van der Waals surface area contributed by atoms with E-state index in [1.165, 1.54) is 13.2 Å². The first kappa shape index (κ1) is 31.2. The van der Waals surface area contributed by atoms with Crippen LogP contribution in [0.5, 0.6) is 17.4 Å². The van der Waals surface area contributed by atoms with E-state index in [9.17, 15) is 22.8 Å². The summed E-state index contributed by atoms with van der Waals surface area (Å²) in [6.45, 7) is 2.16. The Morgan fingerprint density at radius 1 is 1.04 bits per heavy atom. The van der Waals surface area contributed by atoms with E-state index in [4.69, 9.17) is 9.47 Å². The SMILES string of the molecule is COc1cc(C(=O)NC2CCC3(CCN(C)CC3)C2)ccc1Nc1ncc(C(F)(F)F)c(Oc2cccc3c2C(=O)N(C)C32CC2)n1. The molecule has 2 aliphatic heterocycles. The van der Waals surface area contributed by atoms with Gasteiger partial charge in [-0.3, -0.25) is 9.59 Å². The molecule has 0 radical (unpaired) electrons. The first-order valence-corrected chi connectivity index (χ1v) is 15.9. The summed E-state index contributed by atoms with van der Waals surface area (Å²) in [4.78, 5) is 38.3. The Labute approximate surface area is 270 Å². The molecule has 4 aliphatic rings. The lowest BCUT2D eigenvalue weighted by atomic mass is 9.77. The molecule has 13 heteroatoms. The van der Waals surface area contributed by atoms with Gasteiger partial charge in [0.05, 0.1) is 23.9 Å². The number of piperidine rings is 1. The second kappa shape index (κ2) is 11.4. The molecule has 1 atom stereocenters. The zero-order chi connectivity index (χ0) is 33.1. The normalized spacial score (nSPS) is 21.2. The highest BCUT2D eigenvalue weighted by molar-refractivity contribution is 6.03. The van der Waals surface area contributed by atoms with Gasteiger partial charge in [-0.15, -0.1) is 0 Å². The molecule has 1 saturated heterocycles. The summed E-state index contributed by atoms with van der Waals surface area (Å²) in [6.07, 6.45) is 2.69. The fourth-order valence-corrected chi connectivity index (χ4v) is 7.50. The summed E-state index contributed by atoms with van der Waals surface area (Å²) in [6, 6.07) is 9.82. The Balaban J connectivity index is 1.10. The van der Waals surface area contributed by atoms with Gasteiger partial charge in [-0.25, -0.2) is 4.98 Å². The minimum Gasteiger partial charge on any atom is -0.495 e. The lowest BCUT2D eigenvalue weighted by Gasteiger charge is -2.38. The maximum absolute atomic E-state index is 14.0. The third-order valence-electron chi connectivity index (χ3n) is 10.5. The lowest BCUT2D eigenvalue weighted by Crippen LogP contribution is -2.39. The van der Waals surface area contributed by atoms with Crippen LogP contribution in [0.3, 0.4) is 0 Å². The number of benzene rings is 2. The van der Waals surface area contributed by atoms with E-state index in [-0.39, 0.29) is 40.9 Å². The van der Waals surface area contributed by atoms with Gasteiger partial charge in [0, 0.05) is 24.8 Å². The molecule has 3 heterocycles. The molecule has 2 aliphatic carbocycles. The number of likely N-dealkylation sites (tertiary alicyclic amines) is 1. The summed E-state index contributed by atoms with van der Waals surface area (Å²) in [5, 5.41) is 6.07. The van der Waals surface area contributed by atoms with Crippen LogP contribution in [0.4, 0.5) is 24.8 Å². The maximum atomic E-state index is 14.0. The van der Waals surface area contributed by atoms with E-state index in [0.29, 0.717) is 22.9 Å². The minimum atomic E-state index is -4.82. The topological polar surface area (TPSA) is 109 Å². The van der Waals surface area contributed by atoms with Crippen LogP contribution in [-0.4, -0.2) is 71.9 Å².